The first-order chi connectivity index (χ1) is 4.64. The Labute approximate surface area is 59.9 Å². The second kappa shape index (κ2) is 1.44. The van der Waals surface area contributed by atoms with Gasteiger partial charge in [-0.1, -0.05) is 6.58 Å². The molecule has 2 heteroatoms. The van der Waals surface area contributed by atoms with E-state index in [4.69, 9.17) is 4.74 Å². The molecular formula is C8H10O2. The Bertz CT molecular complexity index is 211. The summed E-state index contributed by atoms with van der Waals surface area (Å²) < 4.78 is 5.15. The number of fused-ring (bicyclic) bond motifs is 1. The third kappa shape index (κ3) is 0.681. The average molecular weight is 138 g/mol. The summed E-state index contributed by atoms with van der Waals surface area (Å²) in [5, 5.41) is 0. The molecule has 0 saturated heterocycles. The zero-order valence-corrected chi connectivity index (χ0v) is 6.02. The lowest BCUT2D eigenvalue weighted by atomic mass is 10.3. The van der Waals surface area contributed by atoms with Crippen molar-refractivity contribution in [1.29, 1.82) is 0 Å². The molecule has 10 heavy (non-hydrogen) atoms. The second-order valence-electron chi connectivity index (χ2n) is 3.34. The maximum Gasteiger partial charge on any atom is 0.333 e. The Hall–Kier alpha value is -0.790. The molecule has 2 fully saturated rings. The third-order valence-electron chi connectivity index (χ3n) is 2.25. The van der Waals surface area contributed by atoms with Crippen molar-refractivity contribution in [3.8, 4) is 0 Å². The van der Waals surface area contributed by atoms with Crippen molar-refractivity contribution >= 4 is 5.97 Å². The molecule has 0 heterocycles. The fourth-order valence-corrected chi connectivity index (χ4v) is 1.09. The molecule has 2 saturated carbocycles. The van der Waals surface area contributed by atoms with E-state index in [9.17, 15) is 4.79 Å². The zero-order chi connectivity index (χ0) is 7.35. The molecule has 0 aliphatic heterocycles. The van der Waals surface area contributed by atoms with Gasteiger partial charge >= 0.3 is 5.97 Å². The lowest BCUT2D eigenvalue weighted by Crippen LogP contribution is -2.11. The summed E-state index contributed by atoms with van der Waals surface area (Å²) in [5.41, 5.74) is 0.516. The van der Waals surface area contributed by atoms with Crippen molar-refractivity contribution in [3.63, 3.8) is 0 Å². The molecule has 0 aromatic heterocycles. The molecule has 2 aliphatic carbocycles. The van der Waals surface area contributed by atoms with E-state index in [1.54, 1.807) is 6.92 Å². The van der Waals surface area contributed by atoms with E-state index in [1.165, 1.54) is 0 Å². The van der Waals surface area contributed by atoms with E-state index in [0.29, 0.717) is 11.5 Å². The molecule has 0 amide bonds. The van der Waals surface area contributed by atoms with E-state index in [-0.39, 0.29) is 11.6 Å². The van der Waals surface area contributed by atoms with Crippen LogP contribution < -0.4 is 0 Å². The Morgan fingerprint density at radius 3 is 2.50 bits per heavy atom. The largest absolute Gasteiger partial charge is 0.455 e. The summed E-state index contributed by atoms with van der Waals surface area (Å²) in [6, 6.07) is 0. The van der Waals surface area contributed by atoms with Crippen molar-refractivity contribution in [3.05, 3.63) is 12.2 Å². The predicted molar refractivity (Wildman–Crippen MR) is 36.4 cm³/mol. The van der Waals surface area contributed by atoms with E-state index >= 15 is 0 Å². The van der Waals surface area contributed by atoms with Gasteiger partial charge in [0.05, 0.1) is 0 Å². The number of esters is 1. The van der Waals surface area contributed by atoms with Crippen LogP contribution in [0, 0.1) is 5.92 Å². The summed E-state index contributed by atoms with van der Waals surface area (Å²) in [6.07, 6.45) is 2.18. The van der Waals surface area contributed by atoms with Crippen LogP contribution in [-0.2, 0) is 9.53 Å². The van der Waals surface area contributed by atoms with Gasteiger partial charge in [-0.3, -0.25) is 0 Å². The highest BCUT2D eigenvalue weighted by atomic mass is 16.6. The highest BCUT2D eigenvalue weighted by molar-refractivity contribution is 5.87. The van der Waals surface area contributed by atoms with Gasteiger partial charge in [0, 0.05) is 11.5 Å². The lowest BCUT2D eigenvalue weighted by Gasteiger charge is -2.04. The first kappa shape index (κ1) is 5.96. The molecule has 0 spiro atoms. The van der Waals surface area contributed by atoms with Crippen LogP contribution in [0.1, 0.15) is 19.8 Å². The van der Waals surface area contributed by atoms with Crippen LogP contribution in [0.2, 0.25) is 0 Å². The van der Waals surface area contributed by atoms with Gasteiger partial charge in [0.1, 0.15) is 5.60 Å². The van der Waals surface area contributed by atoms with Crippen LogP contribution in [0.25, 0.3) is 0 Å². The zero-order valence-electron chi connectivity index (χ0n) is 6.02. The first-order valence-corrected chi connectivity index (χ1v) is 3.53. The second-order valence-corrected chi connectivity index (χ2v) is 3.34. The minimum Gasteiger partial charge on any atom is -0.455 e. The van der Waals surface area contributed by atoms with Gasteiger partial charge in [-0.2, -0.15) is 0 Å². The molecule has 0 bridgehead atoms. The van der Waals surface area contributed by atoms with Gasteiger partial charge in [0.15, 0.2) is 0 Å². The average Bonchev–Trinajstić information content (AvgIpc) is 2.53. The number of carbonyl (C=O) groups excluding carboxylic acids is 1. The van der Waals surface area contributed by atoms with E-state index < -0.39 is 0 Å². The molecule has 2 rings (SSSR count). The van der Waals surface area contributed by atoms with Gasteiger partial charge in [-0.25, -0.2) is 4.79 Å². The highest BCUT2D eigenvalue weighted by Crippen LogP contribution is 2.69. The Morgan fingerprint density at radius 2 is 2.20 bits per heavy atom. The summed E-state index contributed by atoms with van der Waals surface area (Å²) >= 11 is 0. The summed E-state index contributed by atoms with van der Waals surface area (Å²) in [5.74, 6) is 0.482. The van der Waals surface area contributed by atoms with Crippen LogP contribution >= 0.6 is 0 Å². The predicted octanol–water partition coefficient (Wildman–Crippen LogP) is 1.27. The molecule has 0 aromatic rings. The summed E-state index contributed by atoms with van der Waals surface area (Å²) in [7, 11) is 0. The lowest BCUT2D eigenvalue weighted by molar-refractivity contribution is -0.142. The van der Waals surface area contributed by atoms with Crippen LogP contribution in [0.15, 0.2) is 12.2 Å². The normalized spacial score (nSPS) is 39.9. The highest BCUT2D eigenvalue weighted by Gasteiger charge is 2.73. The van der Waals surface area contributed by atoms with Gasteiger partial charge in [-0.15, -0.1) is 0 Å². The molecule has 0 N–H and O–H groups in total. The van der Waals surface area contributed by atoms with E-state index in [0.717, 1.165) is 12.8 Å². The van der Waals surface area contributed by atoms with Gasteiger partial charge in [-0.05, 0) is 19.8 Å². The van der Waals surface area contributed by atoms with Crippen molar-refractivity contribution < 1.29 is 9.53 Å². The standard InChI is InChI=1S/C8H10O2/c1-5(2)7(9)10-8-3-6(8)4-8/h6H,1,3-4H2,2H3. The van der Waals surface area contributed by atoms with Crippen LogP contribution in [0.3, 0.4) is 0 Å². The molecule has 54 valence electrons. The van der Waals surface area contributed by atoms with Crippen molar-refractivity contribution in [2.75, 3.05) is 0 Å². The fraction of sp³-hybridized carbons (Fsp3) is 0.625. The maximum atomic E-state index is 10.9. The minimum atomic E-state index is -0.222. The fourth-order valence-electron chi connectivity index (χ4n) is 1.09. The molecule has 0 unspecified atom stereocenters. The molecular weight excluding hydrogens is 128 g/mol. The Kier molecular flexibility index (Phi) is 0.858. The summed E-state index contributed by atoms with van der Waals surface area (Å²) in [4.78, 5) is 10.9. The van der Waals surface area contributed by atoms with Gasteiger partial charge in [0.25, 0.3) is 0 Å². The van der Waals surface area contributed by atoms with E-state index in [1.807, 2.05) is 0 Å². The van der Waals surface area contributed by atoms with Crippen molar-refractivity contribution in [2.24, 2.45) is 5.92 Å². The Balaban J connectivity index is 1.90. The maximum absolute atomic E-state index is 10.9. The number of hydrogen-bond acceptors (Lipinski definition) is 2. The van der Waals surface area contributed by atoms with Crippen molar-refractivity contribution in [2.45, 2.75) is 25.4 Å². The smallest absolute Gasteiger partial charge is 0.333 e. The number of carbonyl (C=O) groups is 1. The molecule has 0 radical (unpaired) electrons. The quantitative estimate of drug-likeness (QED) is 0.424. The SMILES string of the molecule is C=C(C)C(=O)OC12CC1C2. The third-order valence-corrected chi connectivity index (χ3v) is 2.25. The van der Waals surface area contributed by atoms with Gasteiger partial charge < -0.3 is 4.74 Å². The molecule has 2 nitrogen and oxygen atoms in total. The molecule has 2 aliphatic rings. The van der Waals surface area contributed by atoms with Gasteiger partial charge in [0.2, 0.25) is 0 Å². The van der Waals surface area contributed by atoms with Crippen LogP contribution in [-0.4, -0.2) is 11.6 Å². The number of ether oxygens (including phenoxy) is 1. The van der Waals surface area contributed by atoms with E-state index in [2.05, 4.69) is 6.58 Å². The first-order valence-electron chi connectivity index (χ1n) is 3.53. The molecule has 0 aromatic carbocycles. The summed E-state index contributed by atoms with van der Waals surface area (Å²) in [6.45, 7) is 5.19. The minimum absolute atomic E-state index is 0.00995. The van der Waals surface area contributed by atoms with Crippen molar-refractivity contribution in [1.82, 2.24) is 0 Å². The monoisotopic (exact) mass is 138 g/mol. The number of rotatable bonds is 2. The van der Waals surface area contributed by atoms with Crippen LogP contribution in [0.4, 0.5) is 0 Å². The Morgan fingerprint density at radius 1 is 1.70 bits per heavy atom. The molecule has 0 atom stereocenters. The van der Waals surface area contributed by atoms with Crippen LogP contribution in [0.5, 0.6) is 0 Å². The topological polar surface area (TPSA) is 26.3 Å². The number of hydrogen-bond donors (Lipinski definition) is 0.